The number of piperazine rings is 1. The number of hydrogen-bond donors (Lipinski definition) is 2. The number of rotatable bonds is 9. The summed E-state index contributed by atoms with van der Waals surface area (Å²) in [6.45, 7) is 16.5. The molecule has 36 heavy (non-hydrogen) atoms. The predicted octanol–water partition coefficient (Wildman–Crippen LogP) is 3.26. The largest absolute Gasteiger partial charge is 0.489 e. The Kier molecular flexibility index (Phi) is 7.36. The molecule has 3 aromatic rings. The molecule has 1 aliphatic rings. The molecule has 9 heteroatoms. The molecule has 0 spiro atoms. The topological polar surface area (TPSA) is 102 Å². The summed E-state index contributed by atoms with van der Waals surface area (Å²) in [6.07, 6.45) is 5.09. The lowest BCUT2D eigenvalue weighted by molar-refractivity contribution is 0.0283. The van der Waals surface area contributed by atoms with Gasteiger partial charge in [-0.15, -0.1) is 0 Å². The lowest BCUT2D eigenvalue weighted by Gasteiger charge is -2.37. The molecule has 0 bridgehead atoms. The second-order valence-corrected chi connectivity index (χ2v) is 10.3. The van der Waals surface area contributed by atoms with Crippen molar-refractivity contribution in [3.05, 3.63) is 54.8 Å². The molecule has 1 fully saturated rings. The number of fused-ring (bicyclic) bond motifs is 1. The van der Waals surface area contributed by atoms with Gasteiger partial charge in [0.1, 0.15) is 24.2 Å². The molecule has 4 heterocycles. The van der Waals surface area contributed by atoms with Gasteiger partial charge in [0, 0.05) is 50.0 Å². The van der Waals surface area contributed by atoms with Crippen LogP contribution in [0.1, 0.15) is 33.3 Å². The summed E-state index contributed by atoms with van der Waals surface area (Å²) in [5, 5.41) is 27.4. The molecule has 1 aliphatic heterocycles. The fraction of sp³-hybridized carbons (Fsp3) is 0.444. The summed E-state index contributed by atoms with van der Waals surface area (Å²) >= 11 is 0. The maximum Gasteiger partial charge on any atom is 0.138 e. The summed E-state index contributed by atoms with van der Waals surface area (Å²) in [5.41, 5.74) is 1.86. The highest BCUT2D eigenvalue weighted by Crippen LogP contribution is 2.31. The van der Waals surface area contributed by atoms with Crippen LogP contribution in [0.5, 0.6) is 5.75 Å². The van der Waals surface area contributed by atoms with Gasteiger partial charge in [0.2, 0.25) is 0 Å². The van der Waals surface area contributed by atoms with Crippen LogP contribution in [0.25, 0.3) is 16.6 Å². The normalized spacial score (nSPS) is 14.2. The minimum absolute atomic E-state index is 0.132. The van der Waals surface area contributed by atoms with Gasteiger partial charge in [-0.05, 0) is 38.0 Å². The van der Waals surface area contributed by atoms with Crippen LogP contribution in [0.4, 0.5) is 5.82 Å². The monoisotopic (exact) mass is 489 g/mol. The van der Waals surface area contributed by atoms with E-state index >= 15 is 0 Å². The third kappa shape index (κ3) is 5.89. The maximum absolute atomic E-state index is 10.1. The Hall–Kier alpha value is -3.77. The van der Waals surface area contributed by atoms with Crippen molar-refractivity contribution in [1.82, 2.24) is 24.8 Å². The number of anilines is 1. The third-order valence-electron chi connectivity index (χ3n) is 6.06. The second-order valence-electron chi connectivity index (χ2n) is 10.3. The van der Waals surface area contributed by atoms with Crippen molar-refractivity contribution in [3.8, 4) is 22.9 Å². The fourth-order valence-corrected chi connectivity index (χ4v) is 4.11. The van der Waals surface area contributed by atoms with Gasteiger partial charge in [-0.25, -0.2) is 9.50 Å². The average molecular weight is 490 g/mol. The minimum atomic E-state index is -0.971. The van der Waals surface area contributed by atoms with E-state index in [1.807, 2.05) is 24.4 Å². The molecule has 2 N–H and O–H groups in total. The average Bonchev–Trinajstić information content (AvgIpc) is 3.28. The molecular formula is C27H35N7O2. The zero-order valence-corrected chi connectivity index (χ0v) is 21.5. The predicted molar refractivity (Wildman–Crippen MR) is 141 cm³/mol. The smallest absolute Gasteiger partial charge is 0.138 e. The van der Waals surface area contributed by atoms with Crippen molar-refractivity contribution < 1.29 is 9.84 Å². The number of nitriles is 1. The van der Waals surface area contributed by atoms with Crippen LogP contribution in [0.15, 0.2) is 49.2 Å². The van der Waals surface area contributed by atoms with E-state index in [4.69, 9.17) is 9.72 Å². The Labute approximate surface area is 212 Å². The Bertz CT molecular complexity index is 1240. The van der Waals surface area contributed by atoms with Crippen molar-refractivity contribution in [1.29, 1.82) is 5.26 Å². The first-order valence-electron chi connectivity index (χ1n) is 12.3. The van der Waals surface area contributed by atoms with Crippen molar-refractivity contribution in [3.63, 3.8) is 0 Å². The van der Waals surface area contributed by atoms with Gasteiger partial charge in [-0.2, -0.15) is 10.4 Å². The Balaban J connectivity index is 1.52. The SMILES string of the molecule is C=C(NCC(C)C)N1CCN(c2ccc(-c3cc(OCC(C)(C)O)cn4ncc(C#N)c34)cn2)CC1. The van der Waals surface area contributed by atoms with Gasteiger partial charge >= 0.3 is 0 Å². The lowest BCUT2D eigenvalue weighted by Crippen LogP contribution is -2.48. The number of aliphatic hydroxyl groups is 1. The summed E-state index contributed by atoms with van der Waals surface area (Å²) in [4.78, 5) is 9.30. The molecule has 190 valence electrons. The third-order valence-corrected chi connectivity index (χ3v) is 6.06. The second kappa shape index (κ2) is 10.5. The highest BCUT2D eigenvalue weighted by Gasteiger charge is 2.20. The van der Waals surface area contributed by atoms with Gasteiger partial charge in [0.05, 0.1) is 34.9 Å². The highest BCUT2D eigenvalue weighted by atomic mass is 16.5. The van der Waals surface area contributed by atoms with E-state index < -0.39 is 5.60 Å². The van der Waals surface area contributed by atoms with Gasteiger partial charge in [-0.1, -0.05) is 20.4 Å². The van der Waals surface area contributed by atoms with E-state index in [9.17, 15) is 10.4 Å². The van der Waals surface area contributed by atoms with Crippen LogP contribution in [0, 0.1) is 17.2 Å². The molecule has 9 nitrogen and oxygen atoms in total. The summed E-state index contributed by atoms with van der Waals surface area (Å²) in [7, 11) is 0. The highest BCUT2D eigenvalue weighted by molar-refractivity contribution is 5.85. The van der Waals surface area contributed by atoms with Crippen LogP contribution < -0.4 is 15.0 Å². The zero-order valence-electron chi connectivity index (χ0n) is 21.5. The maximum atomic E-state index is 10.1. The van der Waals surface area contributed by atoms with E-state index in [2.05, 4.69) is 46.7 Å². The molecular weight excluding hydrogens is 454 g/mol. The number of ether oxygens (including phenoxy) is 1. The van der Waals surface area contributed by atoms with Gasteiger partial charge in [0.25, 0.3) is 0 Å². The van der Waals surface area contributed by atoms with Gasteiger partial charge in [0.15, 0.2) is 0 Å². The zero-order chi connectivity index (χ0) is 25.9. The number of pyridine rings is 2. The molecule has 0 atom stereocenters. The van der Waals surface area contributed by atoms with Gasteiger partial charge < -0.3 is 25.0 Å². The van der Waals surface area contributed by atoms with Crippen molar-refractivity contribution in [2.45, 2.75) is 33.3 Å². The summed E-state index contributed by atoms with van der Waals surface area (Å²) < 4.78 is 7.46. The molecule has 0 saturated carbocycles. The minimum Gasteiger partial charge on any atom is -0.489 e. The lowest BCUT2D eigenvalue weighted by atomic mass is 10.1. The van der Waals surface area contributed by atoms with Crippen LogP contribution in [0.3, 0.4) is 0 Å². The van der Waals surface area contributed by atoms with Crippen molar-refractivity contribution in [2.24, 2.45) is 5.92 Å². The van der Waals surface area contributed by atoms with E-state index in [-0.39, 0.29) is 6.61 Å². The van der Waals surface area contributed by atoms with E-state index in [0.717, 1.165) is 55.5 Å². The van der Waals surface area contributed by atoms with Crippen LogP contribution >= 0.6 is 0 Å². The van der Waals surface area contributed by atoms with E-state index in [0.29, 0.717) is 22.7 Å². The van der Waals surface area contributed by atoms with Crippen LogP contribution in [-0.2, 0) is 0 Å². The molecule has 4 rings (SSSR count). The number of nitrogens with zero attached hydrogens (tertiary/aromatic N) is 6. The van der Waals surface area contributed by atoms with E-state index in [1.54, 1.807) is 30.8 Å². The summed E-state index contributed by atoms with van der Waals surface area (Å²) in [5.74, 6) is 3.03. The quantitative estimate of drug-likeness (QED) is 0.472. The Morgan fingerprint density at radius 3 is 2.61 bits per heavy atom. The standard InChI is InChI=1S/C27H35N7O2/c1-19(2)14-29-20(3)32-8-10-33(11-9-32)25-7-6-21(15-30-25)24-12-23(36-18-27(4,5)35)17-34-26(24)22(13-28)16-31-34/h6-7,12,15-17,19,29,35H,3,8-11,14,18H2,1-2,4-5H3. The Morgan fingerprint density at radius 2 is 2.00 bits per heavy atom. The van der Waals surface area contributed by atoms with Crippen molar-refractivity contribution in [2.75, 3.05) is 44.2 Å². The number of aromatic nitrogens is 3. The first-order chi connectivity index (χ1) is 17.1. The number of nitrogens with one attached hydrogen (secondary N) is 1. The van der Waals surface area contributed by atoms with Gasteiger partial charge in [-0.3, -0.25) is 0 Å². The molecule has 0 aliphatic carbocycles. The first kappa shape index (κ1) is 25.3. The molecule has 0 radical (unpaired) electrons. The molecule has 1 saturated heterocycles. The fourth-order valence-electron chi connectivity index (χ4n) is 4.11. The van der Waals surface area contributed by atoms with Crippen LogP contribution in [0.2, 0.25) is 0 Å². The van der Waals surface area contributed by atoms with E-state index in [1.165, 1.54) is 0 Å². The molecule has 3 aromatic heterocycles. The number of hydrogen-bond acceptors (Lipinski definition) is 8. The first-order valence-corrected chi connectivity index (χ1v) is 12.3. The molecule has 0 unspecified atom stereocenters. The molecule has 0 amide bonds. The van der Waals surface area contributed by atoms with Crippen LogP contribution in [-0.4, -0.2) is 69.5 Å². The molecule has 0 aromatic carbocycles. The van der Waals surface area contributed by atoms with Crippen molar-refractivity contribution >= 4 is 11.3 Å². The Morgan fingerprint density at radius 1 is 1.25 bits per heavy atom. The summed E-state index contributed by atoms with van der Waals surface area (Å²) in [6, 6.07) is 8.12.